The first-order valence-corrected chi connectivity index (χ1v) is 9.28. The van der Waals surface area contributed by atoms with Crippen LogP contribution in [0.1, 0.15) is 5.56 Å². The SMILES string of the molecule is COc1ccc(N2C(=O)CSC23C(=O)N(CC(N)=O)c2ccccc23)cc1. The van der Waals surface area contributed by atoms with Crippen molar-refractivity contribution in [2.24, 2.45) is 5.73 Å². The second kappa shape index (κ2) is 6.31. The molecule has 2 aromatic rings. The van der Waals surface area contributed by atoms with Gasteiger partial charge >= 0.3 is 0 Å². The molecule has 2 aromatic carbocycles. The molecule has 1 atom stereocenters. The monoisotopic (exact) mass is 383 g/mol. The summed E-state index contributed by atoms with van der Waals surface area (Å²) >= 11 is 1.26. The molecule has 0 saturated carbocycles. The highest BCUT2D eigenvalue weighted by molar-refractivity contribution is 8.02. The highest BCUT2D eigenvalue weighted by Gasteiger charge is 2.61. The first-order chi connectivity index (χ1) is 13.0. The topological polar surface area (TPSA) is 92.9 Å². The number of rotatable bonds is 4. The van der Waals surface area contributed by atoms with Crippen molar-refractivity contribution in [3.8, 4) is 5.75 Å². The van der Waals surface area contributed by atoms with Crippen LogP contribution in [0.5, 0.6) is 5.75 Å². The van der Waals surface area contributed by atoms with Crippen LogP contribution in [0.15, 0.2) is 48.5 Å². The van der Waals surface area contributed by atoms with Gasteiger partial charge in [0, 0.05) is 11.3 Å². The molecule has 7 nitrogen and oxygen atoms in total. The van der Waals surface area contributed by atoms with Gasteiger partial charge in [-0.2, -0.15) is 0 Å². The maximum atomic E-state index is 13.5. The van der Waals surface area contributed by atoms with E-state index in [9.17, 15) is 14.4 Å². The number of benzene rings is 2. The van der Waals surface area contributed by atoms with E-state index in [1.165, 1.54) is 21.6 Å². The van der Waals surface area contributed by atoms with Gasteiger partial charge in [0.15, 0.2) is 0 Å². The molecule has 0 aromatic heterocycles. The maximum Gasteiger partial charge on any atom is 0.269 e. The van der Waals surface area contributed by atoms with Crippen molar-refractivity contribution in [2.75, 3.05) is 29.2 Å². The van der Waals surface area contributed by atoms with Gasteiger partial charge in [0.25, 0.3) is 5.91 Å². The average molecular weight is 383 g/mol. The number of amides is 3. The quantitative estimate of drug-likeness (QED) is 0.863. The molecule has 8 heteroatoms. The second-order valence-electron chi connectivity index (χ2n) is 6.23. The summed E-state index contributed by atoms with van der Waals surface area (Å²) in [5, 5.41) is 0. The Morgan fingerprint density at radius 1 is 1.19 bits per heavy atom. The van der Waals surface area contributed by atoms with E-state index < -0.39 is 10.8 Å². The highest BCUT2D eigenvalue weighted by Crippen LogP contribution is 2.55. The fourth-order valence-corrected chi connectivity index (χ4v) is 4.96. The van der Waals surface area contributed by atoms with E-state index in [0.29, 0.717) is 22.7 Å². The van der Waals surface area contributed by atoms with Crippen molar-refractivity contribution < 1.29 is 19.1 Å². The van der Waals surface area contributed by atoms with E-state index in [4.69, 9.17) is 10.5 Å². The van der Waals surface area contributed by atoms with E-state index in [-0.39, 0.29) is 24.1 Å². The molecule has 0 aliphatic carbocycles. The normalized spacial score (nSPS) is 21.1. The zero-order valence-corrected chi connectivity index (χ0v) is 15.4. The average Bonchev–Trinajstić information content (AvgIpc) is 3.13. The lowest BCUT2D eigenvalue weighted by molar-refractivity contribution is -0.125. The molecule has 1 fully saturated rings. The van der Waals surface area contributed by atoms with Crippen molar-refractivity contribution in [1.82, 2.24) is 0 Å². The molecule has 27 heavy (non-hydrogen) atoms. The Hall–Kier alpha value is -3.00. The van der Waals surface area contributed by atoms with Crippen molar-refractivity contribution in [3.63, 3.8) is 0 Å². The molecule has 2 heterocycles. The molecular formula is C19H17N3O4S. The zero-order valence-electron chi connectivity index (χ0n) is 14.5. The van der Waals surface area contributed by atoms with Crippen LogP contribution in [0.3, 0.4) is 0 Å². The maximum absolute atomic E-state index is 13.5. The number of hydrogen-bond donors (Lipinski definition) is 1. The Morgan fingerprint density at radius 2 is 1.89 bits per heavy atom. The smallest absolute Gasteiger partial charge is 0.269 e. The van der Waals surface area contributed by atoms with Gasteiger partial charge in [-0.15, -0.1) is 11.8 Å². The lowest BCUT2D eigenvalue weighted by atomic mass is 10.0. The molecule has 0 bridgehead atoms. The van der Waals surface area contributed by atoms with Crippen LogP contribution in [0.4, 0.5) is 11.4 Å². The minimum absolute atomic E-state index is 0.163. The first kappa shape index (κ1) is 17.4. The Balaban J connectivity index is 1.87. The molecule has 0 radical (unpaired) electrons. The fraction of sp³-hybridized carbons (Fsp3) is 0.211. The number of primary amides is 1. The summed E-state index contributed by atoms with van der Waals surface area (Å²) in [4.78, 5) is 39.4. The van der Waals surface area contributed by atoms with Gasteiger partial charge in [-0.25, -0.2) is 0 Å². The van der Waals surface area contributed by atoms with E-state index in [1.54, 1.807) is 43.5 Å². The summed E-state index contributed by atoms with van der Waals surface area (Å²) in [5.74, 6) is -0.305. The van der Waals surface area contributed by atoms with Crippen LogP contribution in [-0.4, -0.2) is 37.1 Å². The predicted molar refractivity (Wildman–Crippen MR) is 103 cm³/mol. The number of ether oxygens (including phenoxy) is 1. The third-order valence-corrected chi connectivity index (χ3v) is 6.09. The number of nitrogens with zero attached hydrogens (tertiary/aromatic N) is 2. The van der Waals surface area contributed by atoms with Gasteiger partial charge in [-0.05, 0) is 30.3 Å². The molecule has 1 unspecified atom stereocenters. The number of carbonyl (C=O) groups excluding carboxylic acids is 3. The number of thioether (sulfide) groups is 1. The highest BCUT2D eigenvalue weighted by atomic mass is 32.2. The summed E-state index contributed by atoms with van der Waals surface area (Å²) in [6.45, 7) is -0.233. The summed E-state index contributed by atoms with van der Waals surface area (Å²) < 4.78 is 5.18. The molecule has 2 aliphatic rings. The summed E-state index contributed by atoms with van der Waals surface area (Å²) in [6, 6.07) is 14.2. The number of methoxy groups -OCH3 is 1. The summed E-state index contributed by atoms with van der Waals surface area (Å²) in [7, 11) is 1.56. The van der Waals surface area contributed by atoms with Crippen LogP contribution < -0.4 is 20.3 Å². The molecule has 4 rings (SSSR count). The van der Waals surface area contributed by atoms with E-state index in [2.05, 4.69) is 0 Å². The largest absolute Gasteiger partial charge is 0.497 e. The van der Waals surface area contributed by atoms with Crippen LogP contribution in [0.25, 0.3) is 0 Å². The molecule has 138 valence electrons. The van der Waals surface area contributed by atoms with Crippen LogP contribution >= 0.6 is 11.8 Å². The number of fused-ring (bicyclic) bond motifs is 2. The number of nitrogens with two attached hydrogens (primary N) is 1. The summed E-state index contributed by atoms with van der Waals surface area (Å²) in [6.07, 6.45) is 0. The minimum atomic E-state index is -1.24. The zero-order chi connectivity index (χ0) is 19.2. The molecule has 2 aliphatic heterocycles. The van der Waals surface area contributed by atoms with Crippen molar-refractivity contribution in [2.45, 2.75) is 4.87 Å². The number of para-hydroxylation sites is 1. The third-order valence-electron chi connectivity index (χ3n) is 4.71. The van der Waals surface area contributed by atoms with Gasteiger partial charge in [0.1, 0.15) is 12.3 Å². The van der Waals surface area contributed by atoms with E-state index >= 15 is 0 Å². The van der Waals surface area contributed by atoms with Gasteiger partial charge in [-0.3, -0.25) is 24.2 Å². The van der Waals surface area contributed by atoms with Gasteiger partial charge in [0.2, 0.25) is 16.7 Å². The second-order valence-corrected chi connectivity index (χ2v) is 7.40. The lowest BCUT2D eigenvalue weighted by Gasteiger charge is -2.33. The van der Waals surface area contributed by atoms with Gasteiger partial charge < -0.3 is 10.5 Å². The van der Waals surface area contributed by atoms with Crippen molar-refractivity contribution >= 4 is 40.9 Å². The van der Waals surface area contributed by atoms with E-state index in [0.717, 1.165) is 0 Å². The van der Waals surface area contributed by atoms with Crippen molar-refractivity contribution in [3.05, 3.63) is 54.1 Å². The van der Waals surface area contributed by atoms with Crippen LogP contribution in [0.2, 0.25) is 0 Å². The third kappa shape index (κ3) is 2.48. The van der Waals surface area contributed by atoms with Gasteiger partial charge in [0.05, 0.1) is 18.6 Å². The van der Waals surface area contributed by atoms with E-state index in [1.807, 2.05) is 12.1 Å². The van der Waals surface area contributed by atoms with Crippen LogP contribution in [0, 0.1) is 0 Å². The molecular weight excluding hydrogens is 366 g/mol. The Morgan fingerprint density at radius 3 is 2.56 bits per heavy atom. The predicted octanol–water partition coefficient (Wildman–Crippen LogP) is 1.46. The molecule has 1 spiro atoms. The number of anilines is 2. The minimum Gasteiger partial charge on any atom is -0.497 e. The first-order valence-electron chi connectivity index (χ1n) is 8.30. The fourth-order valence-electron chi connectivity index (χ4n) is 3.60. The van der Waals surface area contributed by atoms with Crippen molar-refractivity contribution in [1.29, 1.82) is 0 Å². The summed E-state index contributed by atoms with van der Waals surface area (Å²) in [5.41, 5.74) is 7.22. The molecule has 1 saturated heterocycles. The number of carbonyl (C=O) groups is 3. The molecule has 3 amide bonds. The Kier molecular flexibility index (Phi) is 4.07. The Bertz CT molecular complexity index is 946. The Labute approximate surface area is 160 Å². The standard InChI is InChI=1S/C19H17N3O4S/c1-26-13-8-6-12(7-9-13)22-17(24)11-27-19(22)14-4-2-3-5-15(14)21(18(19)25)10-16(20)23/h2-9H,10-11H2,1H3,(H2,20,23). The molecule has 2 N–H and O–H groups in total. The lowest BCUT2D eigenvalue weighted by Crippen LogP contribution is -2.51. The van der Waals surface area contributed by atoms with Gasteiger partial charge in [-0.1, -0.05) is 18.2 Å². The number of hydrogen-bond acceptors (Lipinski definition) is 5. The van der Waals surface area contributed by atoms with Crippen LogP contribution in [-0.2, 0) is 19.3 Å².